The van der Waals surface area contributed by atoms with E-state index in [-0.39, 0.29) is 11.3 Å². The van der Waals surface area contributed by atoms with Crippen LogP contribution in [0.15, 0.2) is 0 Å². The first-order chi connectivity index (χ1) is 5.45. The van der Waals surface area contributed by atoms with Gasteiger partial charge in [-0.25, -0.2) is 0 Å². The molecule has 1 rings (SSSR count). The van der Waals surface area contributed by atoms with Crippen LogP contribution in [0.5, 0.6) is 0 Å². The third kappa shape index (κ3) is 2.01. The van der Waals surface area contributed by atoms with Crippen molar-refractivity contribution < 1.29 is 4.79 Å². The van der Waals surface area contributed by atoms with E-state index < -0.39 is 0 Å². The van der Waals surface area contributed by atoms with Gasteiger partial charge in [0.25, 0.3) is 0 Å². The van der Waals surface area contributed by atoms with Crippen molar-refractivity contribution in [3.05, 3.63) is 0 Å². The minimum atomic E-state index is 0.232. The molecule has 0 N–H and O–H groups in total. The van der Waals surface area contributed by atoms with E-state index in [4.69, 9.17) is 0 Å². The highest BCUT2D eigenvalue weighted by Crippen LogP contribution is 2.44. The molecule has 1 fully saturated rings. The first-order valence-corrected chi connectivity index (χ1v) is 5.84. The molecule has 0 aromatic heterocycles. The van der Waals surface area contributed by atoms with Gasteiger partial charge in [-0.3, -0.25) is 4.79 Å². The fourth-order valence-electron chi connectivity index (χ4n) is 2.37. The largest absolute Gasteiger partial charge is 0.300 e. The Labute approximate surface area is 88.4 Å². The molecule has 0 radical (unpaired) electrons. The van der Waals surface area contributed by atoms with Crippen LogP contribution in [0.3, 0.4) is 0 Å². The number of Topliss-reactive ketones (excluding diaryl/α,β-unsaturated/α-hetero) is 1. The second kappa shape index (κ2) is 3.64. The van der Waals surface area contributed by atoms with E-state index in [1.54, 1.807) is 6.92 Å². The molecule has 0 aromatic carbocycles. The smallest absolute Gasteiger partial charge is 0.134 e. The van der Waals surface area contributed by atoms with Crippen LogP contribution >= 0.6 is 22.6 Å². The van der Waals surface area contributed by atoms with Gasteiger partial charge in [-0.1, -0.05) is 42.9 Å². The van der Waals surface area contributed by atoms with Gasteiger partial charge in [0.05, 0.1) is 0 Å². The Kier molecular flexibility index (Phi) is 3.18. The standard InChI is InChI=1S/C10H17IO/c1-7(12)9-8(11)5-4-6-10(9,2)3/h8-9H,4-6H2,1-3H3/t8-,9-/m0/s1. The Morgan fingerprint density at radius 2 is 2.08 bits per heavy atom. The molecule has 1 aliphatic rings. The summed E-state index contributed by atoms with van der Waals surface area (Å²) in [6, 6.07) is 0. The fourth-order valence-corrected chi connectivity index (χ4v) is 4.29. The van der Waals surface area contributed by atoms with Crippen LogP contribution in [-0.2, 0) is 4.79 Å². The molecule has 1 saturated carbocycles. The Bertz CT molecular complexity index is 186. The molecule has 2 heteroatoms. The number of carbonyl (C=O) groups excluding carboxylic acids is 1. The Morgan fingerprint density at radius 1 is 1.50 bits per heavy atom. The minimum Gasteiger partial charge on any atom is -0.300 e. The van der Waals surface area contributed by atoms with E-state index in [9.17, 15) is 4.79 Å². The van der Waals surface area contributed by atoms with Crippen LogP contribution in [0, 0.1) is 11.3 Å². The molecule has 70 valence electrons. The molecule has 0 saturated heterocycles. The molecule has 0 aliphatic heterocycles. The lowest BCUT2D eigenvalue weighted by molar-refractivity contribution is -0.125. The van der Waals surface area contributed by atoms with E-state index in [1.807, 2.05) is 0 Å². The summed E-state index contributed by atoms with van der Waals surface area (Å²) < 4.78 is 0.559. The summed E-state index contributed by atoms with van der Waals surface area (Å²) >= 11 is 2.44. The third-order valence-electron chi connectivity index (χ3n) is 2.94. The van der Waals surface area contributed by atoms with E-state index in [2.05, 4.69) is 36.4 Å². The van der Waals surface area contributed by atoms with Gasteiger partial charge < -0.3 is 0 Å². The summed E-state index contributed by atoms with van der Waals surface area (Å²) in [6.07, 6.45) is 3.70. The molecular formula is C10H17IO. The van der Waals surface area contributed by atoms with Crippen molar-refractivity contribution in [3.63, 3.8) is 0 Å². The maximum Gasteiger partial charge on any atom is 0.134 e. The van der Waals surface area contributed by atoms with Crippen LogP contribution in [0.25, 0.3) is 0 Å². The Hall–Kier alpha value is 0.400. The average molecular weight is 280 g/mol. The number of carbonyl (C=O) groups is 1. The molecule has 1 aliphatic carbocycles. The van der Waals surface area contributed by atoms with E-state index >= 15 is 0 Å². The number of hydrogen-bond donors (Lipinski definition) is 0. The molecule has 0 bridgehead atoms. The molecule has 1 nitrogen and oxygen atoms in total. The summed E-state index contributed by atoms with van der Waals surface area (Å²) in [7, 11) is 0. The second-order valence-electron chi connectivity index (χ2n) is 4.49. The molecule has 0 aromatic rings. The van der Waals surface area contributed by atoms with Crippen molar-refractivity contribution in [3.8, 4) is 0 Å². The van der Waals surface area contributed by atoms with Gasteiger partial charge in [0.15, 0.2) is 0 Å². The lowest BCUT2D eigenvalue weighted by atomic mass is 9.67. The quantitative estimate of drug-likeness (QED) is 0.532. The molecule has 0 heterocycles. The monoisotopic (exact) mass is 280 g/mol. The van der Waals surface area contributed by atoms with Crippen LogP contribution in [0.4, 0.5) is 0 Å². The molecule has 2 atom stereocenters. The third-order valence-corrected chi connectivity index (χ3v) is 4.28. The van der Waals surface area contributed by atoms with Crippen molar-refractivity contribution in [1.29, 1.82) is 0 Å². The van der Waals surface area contributed by atoms with Gasteiger partial charge in [-0.05, 0) is 25.2 Å². The SMILES string of the molecule is CC(=O)[C@H]1[C@@H](I)CCCC1(C)C. The first-order valence-electron chi connectivity index (χ1n) is 4.59. The van der Waals surface area contributed by atoms with Gasteiger partial charge in [-0.2, -0.15) is 0 Å². The summed E-state index contributed by atoms with van der Waals surface area (Å²) in [5, 5.41) is 0. The van der Waals surface area contributed by atoms with Gasteiger partial charge in [0.1, 0.15) is 5.78 Å². The summed E-state index contributed by atoms with van der Waals surface area (Å²) in [4.78, 5) is 11.4. The van der Waals surface area contributed by atoms with Crippen molar-refractivity contribution in [2.24, 2.45) is 11.3 Å². The zero-order valence-electron chi connectivity index (χ0n) is 8.06. The molecule has 0 amide bonds. The highest BCUT2D eigenvalue weighted by Gasteiger charge is 2.40. The highest BCUT2D eigenvalue weighted by atomic mass is 127. The van der Waals surface area contributed by atoms with Crippen LogP contribution < -0.4 is 0 Å². The fraction of sp³-hybridized carbons (Fsp3) is 0.900. The predicted octanol–water partition coefficient (Wildman–Crippen LogP) is 3.21. The lowest BCUT2D eigenvalue weighted by Crippen LogP contribution is -2.39. The molecular weight excluding hydrogens is 263 g/mol. The zero-order valence-corrected chi connectivity index (χ0v) is 10.2. The maximum atomic E-state index is 11.4. The van der Waals surface area contributed by atoms with Gasteiger partial charge >= 0.3 is 0 Å². The molecule has 0 spiro atoms. The maximum absolute atomic E-state index is 11.4. The highest BCUT2D eigenvalue weighted by molar-refractivity contribution is 14.1. The molecule has 0 unspecified atom stereocenters. The number of ketones is 1. The normalized spacial score (nSPS) is 34.7. The van der Waals surface area contributed by atoms with Gasteiger partial charge in [0.2, 0.25) is 0 Å². The number of hydrogen-bond acceptors (Lipinski definition) is 1. The Morgan fingerprint density at radius 3 is 2.42 bits per heavy atom. The average Bonchev–Trinajstić information content (AvgIpc) is 1.82. The van der Waals surface area contributed by atoms with Crippen molar-refractivity contribution >= 4 is 28.4 Å². The van der Waals surface area contributed by atoms with E-state index in [0.29, 0.717) is 9.71 Å². The van der Waals surface area contributed by atoms with E-state index in [0.717, 1.165) is 0 Å². The molecule has 12 heavy (non-hydrogen) atoms. The van der Waals surface area contributed by atoms with Crippen molar-refractivity contribution in [2.45, 2.75) is 44.0 Å². The number of alkyl halides is 1. The topological polar surface area (TPSA) is 17.1 Å². The summed E-state index contributed by atoms with van der Waals surface area (Å²) in [5.74, 6) is 0.658. The lowest BCUT2D eigenvalue weighted by Gasteiger charge is -2.40. The van der Waals surface area contributed by atoms with Crippen LogP contribution in [0.1, 0.15) is 40.0 Å². The minimum absolute atomic E-state index is 0.232. The summed E-state index contributed by atoms with van der Waals surface area (Å²) in [6.45, 7) is 6.19. The van der Waals surface area contributed by atoms with Crippen molar-refractivity contribution in [2.75, 3.05) is 0 Å². The second-order valence-corrected chi connectivity index (χ2v) is 6.09. The van der Waals surface area contributed by atoms with E-state index in [1.165, 1.54) is 19.3 Å². The van der Waals surface area contributed by atoms with Crippen molar-refractivity contribution in [1.82, 2.24) is 0 Å². The summed E-state index contributed by atoms with van der Waals surface area (Å²) in [5.41, 5.74) is 0.232. The first kappa shape index (κ1) is 10.5. The van der Waals surface area contributed by atoms with Gasteiger partial charge in [-0.15, -0.1) is 0 Å². The predicted molar refractivity (Wildman–Crippen MR) is 59.6 cm³/mol. The number of rotatable bonds is 1. The Balaban J connectivity index is 2.81. The zero-order chi connectivity index (χ0) is 9.35. The van der Waals surface area contributed by atoms with Crippen LogP contribution in [0.2, 0.25) is 0 Å². The van der Waals surface area contributed by atoms with Crippen LogP contribution in [-0.4, -0.2) is 9.71 Å². The van der Waals surface area contributed by atoms with Gasteiger partial charge in [0, 0.05) is 9.84 Å². The number of halogens is 1.